The number of ether oxygens (including phenoxy) is 1. The number of rotatable bonds is 6. The summed E-state index contributed by atoms with van der Waals surface area (Å²) in [6.45, 7) is 1.98. The fraction of sp³-hybridized carbons (Fsp3) is 0.158. The third-order valence-corrected chi connectivity index (χ3v) is 4.14. The predicted molar refractivity (Wildman–Crippen MR) is 94.6 cm³/mol. The van der Waals surface area contributed by atoms with E-state index in [0.29, 0.717) is 22.1 Å². The van der Waals surface area contributed by atoms with Gasteiger partial charge in [0, 0.05) is 17.6 Å². The average molecular weight is 375 g/mol. The van der Waals surface area contributed by atoms with E-state index in [2.05, 4.69) is 10.5 Å². The maximum atomic E-state index is 13.2. The lowest BCUT2D eigenvalue weighted by atomic mass is 10.2. The zero-order chi connectivity index (χ0) is 18.5. The molecule has 0 spiro atoms. The number of hydrogen-bond donors (Lipinski definition) is 1. The molecule has 0 aliphatic carbocycles. The van der Waals surface area contributed by atoms with Crippen molar-refractivity contribution in [1.29, 1.82) is 0 Å². The quantitative estimate of drug-likeness (QED) is 0.699. The molecule has 0 atom stereocenters. The average Bonchev–Trinajstić information content (AvgIpc) is 3.00. The van der Waals surface area contributed by atoms with Crippen molar-refractivity contribution >= 4 is 17.5 Å². The van der Waals surface area contributed by atoms with Gasteiger partial charge in [0.1, 0.15) is 23.9 Å². The van der Waals surface area contributed by atoms with E-state index < -0.39 is 11.7 Å². The van der Waals surface area contributed by atoms with Gasteiger partial charge in [-0.05, 0) is 30.7 Å². The van der Waals surface area contributed by atoms with E-state index in [0.717, 1.165) is 5.56 Å². The van der Waals surface area contributed by atoms with Gasteiger partial charge in [0.05, 0.1) is 5.56 Å². The van der Waals surface area contributed by atoms with Gasteiger partial charge in [-0.25, -0.2) is 4.39 Å². The van der Waals surface area contributed by atoms with Crippen LogP contribution in [0, 0.1) is 12.7 Å². The van der Waals surface area contributed by atoms with Gasteiger partial charge < -0.3 is 14.6 Å². The predicted octanol–water partition coefficient (Wildman–Crippen LogP) is 4.28. The highest BCUT2D eigenvalue weighted by Crippen LogP contribution is 2.19. The molecule has 134 valence electrons. The van der Waals surface area contributed by atoms with E-state index in [4.69, 9.17) is 20.9 Å². The lowest BCUT2D eigenvalue weighted by Gasteiger charge is -2.08. The summed E-state index contributed by atoms with van der Waals surface area (Å²) in [6, 6.07) is 13.0. The zero-order valence-electron chi connectivity index (χ0n) is 14.0. The molecule has 0 aliphatic heterocycles. The van der Waals surface area contributed by atoms with Gasteiger partial charge in [0.25, 0.3) is 5.91 Å². The van der Waals surface area contributed by atoms with Crippen molar-refractivity contribution < 1.29 is 18.4 Å². The van der Waals surface area contributed by atoms with Gasteiger partial charge in [-0.15, -0.1) is 0 Å². The van der Waals surface area contributed by atoms with Crippen molar-refractivity contribution in [3.63, 3.8) is 0 Å². The molecule has 0 aliphatic rings. The Balaban J connectivity index is 1.68. The molecular weight excluding hydrogens is 359 g/mol. The number of amides is 1. The Kier molecular flexibility index (Phi) is 5.53. The van der Waals surface area contributed by atoms with Crippen LogP contribution in [0.15, 0.2) is 53.1 Å². The normalized spacial score (nSPS) is 10.6. The largest absolute Gasteiger partial charge is 0.489 e. The molecule has 0 bridgehead atoms. The maximum Gasteiger partial charge on any atom is 0.274 e. The van der Waals surface area contributed by atoms with Gasteiger partial charge in [-0.3, -0.25) is 4.79 Å². The summed E-state index contributed by atoms with van der Waals surface area (Å²) >= 11 is 6.08. The molecule has 0 saturated carbocycles. The smallest absolute Gasteiger partial charge is 0.274 e. The van der Waals surface area contributed by atoms with Crippen LogP contribution in [0.5, 0.6) is 5.75 Å². The molecule has 26 heavy (non-hydrogen) atoms. The molecule has 3 rings (SSSR count). The fourth-order valence-corrected chi connectivity index (χ4v) is 2.56. The van der Waals surface area contributed by atoms with E-state index >= 15 is 0 Å². The van der Waals surface area contributed by atoms with Crippen molar-refractivity contribution in [1.82, 2.24) is 10.5 Å². The second-order valence-electron chi connectivity index (χ2n) is 5.59. The van der Waals surface area contributed by atoms with Gasteiger partial charge in [0.15, 0.2) is 5.69 Å². The standard InChI is InChI=1S/C19H16ClFN2O3/c1-12-16(11-25-15-7-4-6-14(21)9-15)18(23-26-12)19(24)22-10-13-5-2-3-8-17(13)20/h2-9H,10-11H2,1H3,(H,22,24). The third-order valence-electron chi connectivity index (χ3n) is 3.78. The zero-order valence-corrected chi connectivity index (χ0v) is 14.7. The number of halogens is 2. The highest BCUT2D eigenvalue weighted by Gasteiger charge is 2.20. The number of carbonyl (C=O) groups excluding carboxylic acids is 1. The first-order valence-electron chi connectivity index (χ1n) is 7.89. The number of benzene rings is 2. The number of nitrogens with zero attached hydrogens (tertiary/aromatic N) is 1. The van der Waals surface area contributed by atoms with Crippen LogP contribution < -0.4 is 10.1 Å². The molecule has 7 heteroatoms. The Morgan fingerprint density at radius 1 is 1.27 bits per heavy atom. The number of carbonyl (C=O) groups is 1. The number of hydrogen-bond acceptors (Lipinski definition) is 4. The molecule has 1 N–H and O–H groups in total. The highest BCUT2D eigenvalue weighted by molar-refractivity contribution is 6.31. The van der Waals surface area contributed by atoms with E-state index in [1.54, 1.807) is 25.1 Å². The van der Waals surface area contributed by atoms with Crippen LogP contribution in [0.1, 0.15) is 27.4 Å². The Bertz CT molecular complexity index is 927. The van der Waals surface area contributed by atoms with Crippen LogP contribution in [0.25, 0.3) is 0 Å². The van der Waals surface area contributed by atoms with Crippen molar-refractivity contribution in [3.8, 4) is 5.75 Å². The van der Waals surface area contributed by atoms with Crippen LogP contribution in [0.4, 0.5) is 4.39 Å². The molecule has 1 amide bonds. The van der Waals surface area contributed by atoms with Crippen LogP contribution in [0.3, 0.4) is 0 Å². The molecular formula is C19H16ClFN2O3. The first kappa shape index (κ1) is 17.9. The monoisotopic (exact) mass is 374 g/mol. The van der Waals surface area contributed by atoms with E-state index in [1.807, 2.05) is 18.2 Å². The molecule has 0 unspecified atom stereocenters. The second kappa shape index (κ2) is 8.01. The molecule has 3 aromatic rings. The van der Waals surface area contributed by atoms with Crippen molar-refractivity contribution in [2.24, 2.45) is 0 Å². The van der Waals surface area contributed by atoms with Crippen LogP contribution in [-0.2, 0) is 13.2 Å². The topological polar surface area (TPSA) is 64.4 Å². The van der Waals surface area contributed by atoms with Crippen LogP contribution >= 0.6 is 11.6 Å². The molecule has 0 radical (unpaired) electrons. The molecule has 1 aromatic heterocycles. The van der Waals surface area contributed by atoms with Crippen molar-refractivity contribution in [3.05, 3.63) is 82.0 Å². The molecule has 1 heterocycles. The lowest BCUT2D eigenvalue weighted by molar-refractivity contribution is 0.0939. The van der Waals surface area contributed by atoms with E-state index in [1.165, 1.54) is 12.1 Å². The summed E-state index contributed by atoms with van der Waals surface area (Å²) in [5, 5.41) is 7.13. The summed E-state index contributed by atoms with van der Waals surface area (Å²) < 4.78 is 23.9. The summed E-state index contributed by atoms with van der Waals surface area (Å²) in [6.07, 6.45) is 0. The van der Waals surface area contributed by atoms with Gasteiger partial charge >= 0.3 is 0 Å². The minimum atomic E-state index is -0.403. The second-order valence-corrected chi connectivity index (χ2v) is 5.99. The summed E-state index contributed by atoms with van der Waals surface area (Å²) in [4.78, 5) is 12.4. The number of aromatic nitrogens is 1. The SMILES string of the molecule is Cc1onc(C(=O)NCc2ccccc2Cl)c1COc1cccc(F)c1. The Labute approximate surface area is 154 Å². The Morgan fingerprint density at radius 3 is 2.85 bits per heavy atom. The summed E-state index contributed by atoms with van der Waals surface area (Å²) in [7, 11) is 0. The highest BCUT2D eigenvalue weighted by atomic mass is 35.5. The molecule has 5 nitrogen and oxygen atoms in total. The van der Waals surface area contributed by atoms with Crippen LogP contribution in [0.2, 0.25) is 5.02 Å². The fourth-order valence-electron chi connectivity index (χ4n) is 2.35. The first-order valence-corrected chi connectivity index (χ1v) is 8.27. The maximum absolute atomic E-state index is 13.2. The summed E-state index contributed by atoms with van der Waals surface area (Å²) in [5.74, 6) is 0.0131. The van der Waals surface area contributed by atoms with Crippen LogP contribution in [-0.4, -0.2) is 11.1 Å². The Morgan fingerprint density at radius 2 is 2.08 bits per heavy atom. The minimum Gasteiger partial charge on any atom is -0.489 e. The molecule has 2 aromatic carbocycles. The lowest BCUT2D eigenvalue weighted by Crippen LogP contribution is -2.24. The number of aryl methyl sites for hydroxylation is 1. The van der Waals surface area contributed by atoms with Crippen molar-refractivity contribution in [2.45, 2.75) is 20.1 Å². The minimum absolute atomic E-state index is 0.0354. The van der Waals surface area contributed by atoms with Gasteiger partial charge in [-0.2, -0.15) is 0 Å². The van der Waals surface area contributed by atoms with E-state index in [-0.39, 0.29) is 18.8 Å². The summed E-state index contributed by atoms with van der Waals surface area (Å²) in [5.41, 5.74) is 1.43. The third kappa shape index (κ3) is 4.21. The van der Waals surface area contributed by atoms with Gasteiger partial charge in [-0.1, -0.05) is 41.0 Å². The number of nitrogens with one attached hydrogen (secondary N) is 1. The van der Waals surface area contributed by atoms with Crippen molar-refractivity contribution in [2.75, 3.05) is 0 Å². The van der Waals surface area contributed by atoms with Gasteiger partial charge in [0.2, 0.25) is 0 Å². The molecule has 0 fully saturated rings. The molecule has 0 saturated heterocycles. The first-order chi connectivity index (χ1) is 12.5. The van der Waals surface area contributed by atoms with E-state index in [9.17, 15) is 9.18 Å². The Hall–Kier alpha value is -2.86.